The van der Waals surface area contributed by atoms with Gasteiger partial charge in [0.25, 0.3) is 0 Å². The minimum absolute atomic E-state index is 0.219. The predicted octanol–water partition coefficient (Wildman–Crippen LogP) is 2.46. The fourth-order valence-electron chi connectivity index (χ4n) is 2.09. The number of carbonyl (C=O) groups excluding carboxylic acids is 1. The number of rotatable bonds is 8. The van der Waals surface area contributed by atoms with Gasteiger partial charge in [0.2, 0.25) is 0 Å². The third-order valence-corrected chi connectivity index (χ3v) is 3.30. The van der Waals surface area contributed by atoms with Crippen LogP contribution in [0.15, 0.2) is 0 Å². The summed E-state index contributed by atoms with van der Waals surface area (Å²) in [5, 5.41) is 11.8. The van der Waals surface area contributed by atoms with E-state index in [1.165, 1.54) is 0 Å². The van der Waals surface area contributed by atoms with Crippen LogP contribution in [0, 0.1) is 5.92 Å². The van der Waals surface area contributed by atoms with Crippen LogP contribution < -0.4 is 5.32 Å². The maximum atomic E-state index is 12.2. The standard InChI is InChI=1S/C14H26N2O3/c1-4-5-8-16(11-6-7-11)14(19)15-12(13(17)18)9-10(2)3/h10-12H,4-9H2,1-3H3,(H,15,19)(H,17,18). The predicted molar refractivity (Wildman–Crippen MR) is 74.0 cm³/mol. The first-order valence-electron chi connectivity index (χ1n) is 7.25. The summed E-state index contributed by atoms with van der Waals surface area (Å²) in [4.78, 5) is 25.1. The van der Waals surface area contributed by atoms with Gasteiger partial charge in [0.1, 0.15) is 6.04 Å². The van der Waals surface area contributed by atoms with E-state index in [1.807, 2.05) is 13.8 Å². The third kappa shape index (κ3) is 5.49. The van der Waals surface area contributed by atoms with E-state index in [9.17, 15) is 9.59 Å². The molecule has 0 aliphatic heterocycles. The molecule has 0 aromatic carbocycles. The van der Waals surface area contributed by atoms with E-state index in [4.69, 9.17) is 5.11 Å². The molecule has 5 heteroatoms. The van der Waals surface area contributed by atoms with Crippen molar-refractivity contribution in [3.05, 3.63) is 0 Å². The molecule has 0 saturated heterocycles. The first-order valence-corrected chi connectivity index (χ1v) is 7.25. The first kappa shape index (κ1) is 15.8. The van der Waals surface area contributed by atoms with Crippen molar-refractivity contribution in [3.8, 4) is 0 Å². The molecule has 1 aliphatic rings. The molecule has 19 heavy (non-hydrogen) atoms. The van der Waals surface area contributed by atoms with Crippen molar-refractivity contribution in [2.45, 2.75) is 65.0 Å². The Bertz CT molecular complexity index is 314. The minimum Gasteiger partial charge on any atom is -0.480 e. The van der Waals surface area contributed by atoms with Crippen molar-refractivity contribution in [1.29, 1.82) is 0 Å². The molecule has 0 radical (unpaired) electrons. The van der Waals surface area contributed by atoms with Crippen LogP contribution in [0.2, 0.25) is 0 Å². The normalized spacial score (nSPS) is 16.2. The molecule has 0 heterocycles. The average molecular weight is 270 g/mol. The SMILES string of the molecule is CCCCN(C(=O)NC(CC(C)C)C(=O)O)C1CC1. The number of amides is 2. The number of carboxylic acids is 1. The van der Waals surface area contributed by atoms with Gasteiger partial charge in [-0.2, -0.15) is 0 Å². The summed E-state index contributed by atoms with van der Waals surface area (Å²) in [6, 6.07) is -0.681. The number of hydrogen-bond donors (Lipinski definition) is 2. The van der Waals surface area contributed by atoms with Crippen LogP contribution >= 0.6 is 0 Å². The number of carbonyl (C=O) groups is 2. The quantitative estimate of drug-likeness (QED) is 0.712. The maximum absolute atomic E-state index is 12.2. The number of aliphatic carboxylic acids is 1. The second-order valence-corrected chi connectivity index (χ2v) is 5.75. The van der Waals surface area contributed by atoms with E-state index in [-0.39, 0.29) is 11.9 Å². The van der Waals surface area contributed by atoms with E-state index in [0.717, 1.165) is 32.2 Å². The Morgan fingerprint density at radius 3 is 2.42 bits per heavy atom. The lowest BCUT2D eigenvalue weighted by molar-refractivity contribution is -0.139. The van der Waals surface area contributed by atoms with Gasteiger partial charge in [-0.15, -0.1) is 0 Å². The zero-order valence-corrected chi connectivity index (χ0v) is 12.2. The molecule has 5 nitrogen and oxygen atoms in total. The molecular formula is C14H26N2O3. The van der Waals surface area contributed by atoms with Gasteiger partial charge in [-0.05, 0) is 31.6 Å². The number of nitrogens with zero attached hydrogens (tertiary/aromatic N) is 1. The molecule has 1 unspecified atom stereocenters. The highest BCUT2D eigenvalue weighted by atomic mass is 16.4. The van der Waals surface area contributed by atoms with Gasteiger partial charge in [0.05, 0.1) is 0 Å². The zero-order chi connectivity index (χ0) is 14.4. The van der Waals surface area contributed by atoms with Gasteiger partial charge in [0.15, 0.2) is 0 Å². The minimum atomic E-state index is -0.951. The lowest BCUT2D eigenvalue weighted by Crippen LogP contribution is -2.49. The highest BCUT2D eigenvalue weighted by Crippen LogP contribution is 2.27. The Kier molecular flexibility index (Phi) is 6.12. The number of urea groups is 1. The van der Waals surface area contributed by atoms with E-state index < -0.39 is 12.0 Å². The Morgan fingerprint density at radius 2 is 2.00 bits per heavy atom. The van der Waals surface area contributed by atoms with Crippen LogP contribution in [0.3, 0.4) is 0 Å². The lowest BCUT2D eigenvalue weighted by Gasteiger charge is -2.25. The van der Waals surface area contributed by atoms with Gasteiger partial charge in [-0.25, -0.2) is 9.59 Å². The third-order valence-electron chi connectivity index (χ3n) is 3.30. The van der Waals surface area contributed by atoms with Crippen LogP contribution in [0.25, 0.3) is 0 Å². The number of nitrogens with one attached hydrogen (secondary N) is 1. The average Bonchev–Trinajstić information content (AvgIpc) is 3.12. The molecule has 0 spiro atoms. The molecule has 0 aromatic rings. The van der Waals surface area contributed by atoms with Crippen LogP contribution in [0.5, 0.6) is 0 Å². The summed E-state index contributed by atoms with van der Waals surface area (Å²) >= 11 is 0. The van der Waals surface area contributed by atoms with Gasteiger partial charge in [0, 0.05) is 12.6 Å². The largest absolute Gasteiger partial charge is 0.480 e. The monoisotopic (exact) mass is 270 g/mol. The second kappa shape index (κ2) is 7.36. The summed E-state index contributed by atoms with van der Waals surface area (Å²) in [5.74, 6) is -0.709. The molecule has 0 aromatic heterocycles. The van der Waals surface area contributed by atoms with Crippen molar-refractivity contribution in [2.24, 2.45) is 5.92 Å². The summed E-state index contributed by atoms with van der Waals surface area (Å²) in [6.07, 6.45) is 4.54. The van der Waals surface area contributed by atoms with Gasteiger partial charge >= 0.3 is 12.0 Å². The Balaban J connectivity index is 2.54. The van der Waals surface area contributed by atoms with Crippen LogP contribution in [-0.2, 0) is 4.79 Å². The fourth-order valence-corrected chi connectivity index (χ4v) is 2.09. The number of unbranched alkanes of at least 4 members (excludes halogenated alkanes) is 1. The lowest BCUT2D eigenvalue weighted by atomic mass is 10.0. The van der Waals surface area contributed by atoms with Crippen LogP contribution in [0.4, 0.5) is 4.79 Å². The van der Waals surface area contributed by atoms with E-state index >= 15 is 0 Å². The Labute approximate surface area is 115 Å². The van der Waals surface area contributed by atoms with Crippen molar-refractivity contribution >= 4 is 12.0 Å². The van der Waals surface area contributed by atoms with Gasteiger partial charge < -0.3 is 15.3 Å². The van der Waals surface area contributed by atoms with E-state index in [2.05, 4.69) is 12.2 Å². The molecule has 0 bridgehead atoms. The smallest absolute Gasteiger partial charge is 0.326 e. The highest BCUT2D eigenvalue weighted by molar-refractivity contribution is 5.82. The maximum Gasteiger partial charge on any atom is 0.326 e. The highest BCUT2D eigenvalue weighted by Gasteiger charge is 2.33. The van der Waals surface area contributed by atoms with Crippen molar-refractivity contribution in [3.63, 3.8) is 0 Å². The summed E-state index contributed by atoms with van der Waals surface area (Å²) in [5.41, 5.74) is 0. The molecule has 1 rings (SSSR count). The second-order valence-electron chi connectivity index (χ2n) is 5.75. The Morgan fingerprint density at radius 1 is 1.37 bits per heavy atom. The van der Waals surface area contributed by atoms with E-state index in [0.29, 0.717) is 12.5 Å². The fraction of sp³-hybridized carbons (Fsp3) is 0.857. The van der Waals surface area contributed by atoms with Crippen molar-refractivity contribution in [1.82, 2.24) is 10.2 Å². The molecule has 1 aliphatic carbocycles. The van der Waals surface area contributed by atoms with Crippen molar-refractivity contribution < 1.29 is 14.7 Å². The van der Waals surface area contributed by atoms with Crippen molar-refractivity contribution in [2.75, 3.05) is 6.54 Å². The molecular weight excluding hydrogens is 244 g/mol. The summed E-state index contributed by atoms with van der Waals surface area (Å²) in [7, 11) is 0. The molecule has 110 valence electrons. The van der Waals surface area contributed by atoms with Crippen LogP contribution in [0.1, 0.15) is 52.9 Å². The summed E-state index contributed by atoms with van der Waals surface area (Å²) < 4.78 is 0. The van der Waals surface area contributed by atoms with Gasteiger partial charge in [-0.1, -0.05) is 27.2 Å². The topological polar surface area (TPSA) is 69.6 Å². The zero-order valence-electron chi connectivity index (χ0n) is 12.2. The van der Waals surface area contributed by atoms with Gasteiger partial charge in [-0.3, -0.25) is 0 Å². The number of carboxylic acid groups (broad SMARTS) is 1. The summed E-state index contributed by atoms with van der Waals surface area (Å²) in [6.45, 7) is 6.72. The van der Waals surface area contributed by atoms with Crippen LogP contribution in [-0.4, -0.2) is 40.6 Å². The number of hydrogen-bond acceptors (Lipinski definition) is 2. The molecule has 1 saturated carbocycles. The molecule has 1 atom stereocenters. The Hall–Kier alpha value is -1.26. The van der Waals surface area contributed by atoms with E-state index in [1.54, 1.807) is 4.90 Å². The first-order chi connectivity index (χ1) is 8.95. The molecule has 1 fully saturated rings. The molecule has 2 amide bonds. The molecule has 2 N–H and O–H groups in total.